The van der Waals surface area contributed by atoms with Gasteiger partial charge in [-0.3, -0.25) is 14.2 Å². The topological polar surface area (TPSA) is 94.6 Å². The van der Waals surface area contributed by atoms with Crippen molar-refractivity contribution >= 4 is 50.8 Å². The highest BCUT2D eigenvalue weighted by Crippen LogP contribution is 2.43. The monoisotopic (exact) mass is 813 g/mol. The number of halogens is 2. The van der Waals surface area contributed by atoms with Crippen LogP contribution in [-0.4, -0.2) is 69.7 Å². The number of carbonyl (C=O) groups excluding carboxylic acids is 1. The Kier molecular flexibility index (Phi) is 12.1. The number of aromatic nitrogens is 5. The van der Waals surface area contributed by atoms with Crippen LogP contribution >= 0.6 is 23.4 Å². The van der Waals surface area contributed by atoms with E-state index in [1.54, 1.807) is 23.9 Å². The molecular weight excluding hydrogens is 765 g/mol. The Balaban J connectivity index is 1.23. The van der Waals surface area contributed by atoms with E-state index in [2.05, 4.69) is 27.4 Å². The standard InChI is InChI=1S/C44H49ClFN5O5S/c1-27-41-36-14-13-35(45)43(41)42-28(2)47-51(16-19-56-40-8-5-6-17-55-40)37(42)26-57-25-32-23-33(49(3)48-32)11-9-29-20-30-22-31(46)10-12-34(30)39(21-29)54-18-7-15-50(36)44(27)38(52)24-53-4/h10,12-14,20-23,40H,5-9,11,15-19,24-26H2,1-4H3. The van der Waals surface area contributed by atoms with Gasteiger partial charge in [0.15, 0.2) is 6.29 Å². The Labute approximate surface area is 341 Å². The summed E-state index contributed by atoms with van der Waals surface area (Å²) in [6.07, 6.45) is 4.99. The van der Waals surface area contributed by atoms with Crippen LogP contribution in [0.25, 0.3) is 32.8 Å². The number of ether oxygens (including phenoxy) is 4. The number of benzene rings is 3. The average Bonchev–Trinajstić information content (AvgIpc) is 3.81. The molecule has 6 aromatic rings. The second-order valence-corrected chi connectivity index (χ2v) is 16.4. The van der Waals surface area contributed by atoms with Crippen LogP contribution in [-0.2, 0) is 58.7 Å². The molecule has 2 aliphatic rings. The van der Waals surface area contributed by atoms with Gasteiger partial charge in [-0.25, -0.2) is 4.39 Å². The largest absolute Gasteiger partial charge is 0.493 e. The number of Topliss-reactive ketones (excluding diaryl/α,β-unsaturated/α-hetero) is 1. The summed E-state index contributed by atoms with van der Waals surface area (Å²) in [6, 6.07) is 15.0. The number of carbonyl (C=O) groups is 1. The van der Waals surface area contributed by atoms with Crippen LogP contribution in [0.3, 0.4) is 0 Å². The van der Waals surface area contributed by atoms with E-state index in [-0.39, 0.29) is 24.5 Å². The third kappa shape index (κ3) is 8.25. The fraction of sp³-hybridized carbons (Fsp3) is 0.432. The number of ketones is 1. The molecule has 0 saturated carbocycles. The first kappa shape index (κ1) is 39.6. The van der Waals surface area contributed by atoms with Gasteiger partial charge in [0.2, 0.25) is 5.78 Å². The molecule has 300 valence electrons. The van der Waals surface area contributed by atoms with Gasteiger partial charge < -0.3 is 23.5 Å². The van der Waals surface area contributed by atoms with Crippen LogP contribution in [0.15, 0.2) is 48.5 Å². The van der Waals surface area contributed by atoms with E-state index in [9.17, 15) is 9.18 Å². The summed E-state index contributed by atoms with van der Waals surface area (Å²) in [5.41, 5.74) is 9.24. The zero-order valence-corrected chi connectivity index (χ0v) is 34.6. The number of methoxy groups -OCH3 is 1. The molecule has 1 atom stereocenters. The SMILES string of the molecule is COCC(=O)c1c(C)c2c3c(Cl)ccc2n1CCCOc1cc(cc2cc(F)ccc12)CCc1cc(nn1C)CSCc1c-3c(C)nn1CCOC1CCCCO1. The van der Waals surface area contributed by atoms with Gasteiger partial charge >= 0.3 is 0 Å². The van der Waals surface area contributed by atoms with Gasteiger partial charge in [0.1, 0.15) is 18.2 Å². The van der Waals surface area contributed by atoms with E-state index in [1.807, 2.05) is 37.7 Å². The third-order valence-electron chi connectivity index (χ3n) is 11.1. The summed E-state index contributed by atoms with van der Waals surface area (Å²) in [5, 5.41) is 13.2. The Morgan fingerprint density at radius 3 is 2.72 bits per heavy atom. The molecule has 0 N–H and O–H groups in total. The van der Waals surface area contributed by atoms with Gasteiger partial charge in [0.05, 0.1) is 42.5 Å². The molecule has 3 aromatic carbocycles. The molecule has 0 amide bonds. The van der Waals surface area contributed by atoms with Gasteiger partial charge in [0.25, 0.3) is 0 Å². The number of hydrogen-bond donors (Lipinski definition) is 0. The van der Waals surface area contributed by atoms with Crippen LogP contribution < -0.4 is 4.74 Å². The lowest BCUT2D eigenvalue weighted by Crippen LogP contribution is -2.24. The molecular formula is C44H49ClFN5O5S. The highest BCUT2D eigenvalue weighted by molar-refractivity contribution is 7.97. The number of fused-ring (bicyclic) bond motifs is 8. The van der Waals surface area contributed by atoms with Crippen LogP contribution in [0.4, 0.5) is 4.39 Å². The molecule has 10 nitrogen and oxygen atoms in total. The molecule has 1 saturated heterocycles. The number of aryl methyl sites for hydroxylation is 6. The number of thioether (sulfide) groups is 1. The highest BCUT2D eigenvalue weighted by atomic mass is 35.5. The van der Waals surface area contributed by atoms with Gasteiger partial charge in [-0.2, -0.15) is 10.2 Å². The Bertz CT molecular complexity index is 2430. The lowest BCUT2D eigenvalue weighted by atomic mass is 9.97. The van der Waals surface area contributed by atoms with Crippen molar-refractivity contribution in [3.63, 3.8) is 0 Å². The van der Waals surface area contributed by atoms with Crippen molar-refractivity contribution in [2.24, 2.45) is 7.05 Å². The van der Waals surface area contributed by atoms with Gasteiger partial charge in [0, 0.05) is 76.9 Å². The molecule has 8 bridgehead atoms. The highest BCUT2D eigenvalue weighted by Gasteiger charge is 2.28. The van der Waals surface area contributed by atoms with Crippen molar-refractivity contribution in [3.05, 3.63) is 99.0 Å². The molecule has 0 spiro atoms. The van der Waals surface area contributed by atoms with Crippen LogP contribution in [0.5, 0.6) is 5.75 Å². The Hall–Kier alpha value is -4.20. The van der Waals surface area contributed by atoms with E-state index in [0.717, 1.165) is 105 Å². The van der Waals surface area contributed by atoms with Crippen LogP contribution in [0.2, 0.25) is 5.02 Å². The molecule has 2 aliphatic heterocycles. The van der Waals surface area contributed by atoms with E-state index in [0.29, 0.717) is 60.7 Å². The third-order valence-corrected chi connectivity index (χ3v) is 12.4. The molecule has 0 radical (unpaired) electrons. The van der Waals surface area contributed by atoms with E-state index in [1.165, 1.54) is 13.2 Å². The minimum Gasteiger partial charge on any atom is -0.493 e. The second kappa shape index (κ2) is 17.3. The van der Waals surface area contributed by atoms with Crippen LogP contribution in [0, 0.1) is 19.7 Å². The van der Waals surface area contributed by atoms with Crippen molar-refractivity contribution in [2.75, 3.05) is 33.5 Å². The summed E-state index contributed by atoms with van der Waals surface area (Å²) < 4.78 is 44.5. The molecule has 57 heavy (non-hydrogen) atoms. The summed E-state index contributed by atoms with van der Waals surface area (Å²) in [7, 11) is 3.53. The first-order chi connectivity index (χ1) is 27.7. The Morgan fingerprint density at radius 2 is 1.89 bits per heavy atom. The van der Waals surface area contributed by atoms with Crippen molar-refractivity contribution in [3.8, 4) is 16.9 Å². The molecule has 1 fully saturated rings. The first-order valence-electron chi connectivity index (χ1n) is 19.8. The zero-order valence-electron chi connectivity index (χ0n) is 33.0. The maximum absolute atomic E-state index is 14.5. The second-order valence-electron chi connectivity index (χ2n) is 15.0. The van der Waals surface area contributed by atoms with Gasteiger partial charge in [-0.15, -0.1) is 11.8 Å². The molecule has 13 heteroatoms. The number of hydrogen-bond acceptors (Lipinski definition) is 8. The summed E-state index contributed by atoms with van der Waals surface area (Å²) >= 11 is 9.01. The van der Waals surface area contributed by atoms with Gasteiger partial charge in [-0.05, 0) is 111 Å². The Morgan fingerprint density at radius 1 is 1.02 bits per heavy atom. The maximum Gasteiger partial charge on any atom is 0.205 e. The molecule has 8 rings (SSSR count). The lowest BCUT2D eigenvalue weighted by Gasteiger charge is -2.22. The van der Waals surface area contributed by atoms with E-state index < -0.39 is 0 Å². The first-order valence-corrected chi connectivity index (χ1v) is 21.3. The average molecular weight is 814 g/mol. The maximum atomic E-state index is 14.5. The van der Waals surface area contributed by atoms with Crippen LogP contribution in [0.1, 0.15) is 70.1 Å². The summed E-state index contributed by atoms with van der Waals surface area (Å²) in [5.74, 6) is 1.67. The van der Waals surface area contributed by atoms with E-state index in [4.69, 9.17) is 40.7 Å². The minimum absolute atomic E-state index is 0.0507. The predicted octanol–water partition coefficient (Wildman–Crippen LogP) is 9.17. The fourth-order valence-electron chi connectivity index (χ4n) is 8.48. The normalized spacial score (nSPS) is 16.8. The fourth-order valence-corrected chi connectivity index (χ4v) is 9.67. The summed E-state index contributed by atoms with van der Waals surface area (Å²) in [4.78, 5) is 13.9. The quantitative estimate of drug-likeness (QED) is 0.147. The van der Waals surface area contributed by atoms with Crippen molar-refractivity contribution < 1.29 is 28.1 Å². The minimum atomic E-state index is -0.285. The smallest absolute Gasteiger partial charge is 0.205 e. The van der Waals surface area contributed by atoms with Crippen molar-refractivity contribution in [2.45, 2.75) is 83.3 Å². The number of rotatable bonds is 7. The molecule has 3 aromatic heterocycles. The van der Waals surface area contributed by atoms with E-state index >= 15 is 0 Å². The molecule has 5 heterocycles. The van der Waals surface area contributed by atoms with Gasteiger partial charge in [-0.1, -0.05) is 17.7 Å². The lowest BCUT2D eigenvalue weighted by molar-refractivity contribution is -0.163. The zero-order chi connectivity index (χ0) is 39.6. The molecule has 1 unspecified atom stereocenters. The molecule has 0 aliphatic carbocycles. The summed E-state index contributed by atoms with van der Waals surface area (Å²) in [6.45, 7) is 6.62. The van der Waals surface area contributed by atoms with Crippen molar-refractivity contribution in [1.82, 2.24) is 24.1 Å². The predicted molar refractivity (Wildman–Crippen MR) is 223 cm³/mol. The van der Waals surface area contributed by atoms with Crippen molar-refractivity contribution in [1.29, 1.82) is 0 Å². The number of nitrogens with zero attached hydrogens (tertiary/aromatic N) is 5.